The Morgan fingerprint density at radius 1 is 1.32 bits per heavy atom. The summed E-state index contributed by atoms with van der Waals surface area (Å²) in [5, 5.41) is 14.2. The highest BCUT2D eigenvalue weighted by molar-refractivity contribution is 5.39. The monoisotopic (exact) mass is 264 g/mol. The number of nitro benzene ring substituents is 1. The second kappa shape index (κ2) is 6.63. The van der Waals surface area contributed by atoms with Crippen LogP contribution in [0.3, 0.4) is 0 Å². The van der Waals surface area contributed by atoms with Gasteiger partial charge in [-0.05, 0) is 38.8 Å². The lowest BCUT2D eigenvalue weighted by molar-refractivity contribution is -0.386. The van der Waals surface area contributed by atoms with Crippen LogP contribution in [-0.2, 0) is 11.3 Å². The quantitative estimate of drug-likeness (QED) is 0.656. The van der Waals surface area contributed by atoms with Crippen LogP contribution in [-0.4, -0.2) is 24.1 Å². The summed E-state index contributed by atoms with van der Waals surface area (Å²) in [5.41, 5.74) is 0.801. The number of ether oxygens (including phenoxy) is 1. The van der Waals surface area contributed by atoms with E-state index < -0.39 is 0 Å². The Kier molecular flexibility index (Phi) is 4.87. The van der Waals surface area contributed by atoms with Gasteiger partial charge in [0.1, 0.15) is 0 Å². The lowest BCUT2D eigenvalue weighted by Gasteiger charge is -2.28. The first kappa shape index (κ1) is 14.0. The van der Waals surface area contributed by atoms with Crippen molar-refractivity contribution in [1.29, 1.82) is 0 Å². The van der Waals surface area contributed by atoms with Crippen LogP contribution >= 0.6 is 0 Å². The molecule has 1 saturated carbocycles. The molecule has 0 atom stereocenters. The molecule has 5 nitrogen and oxygen atoms in total. The van der Waals surface area contributed by atoms with Gasteiger partial charge in [0.05, 0.1) is 23.2 Å². The van der Waals surface area contributed by atoms with E-state index in [1.807, 2.05) is 13.1 Å². The molecule has 0 unspecified atom stereocenters. The third-order valence-electron chi connectivity index (χ3n) is 3.75. The minimum atomic E-state index is -0.351. The number of rotatable bonds is 5. The van der Waals surface area contributed by atoms with E-state index in [1.165, 1.54) is 6.07 Å². The Balaban J connectivity index is 1.88. The van der Waals surface area contributed by atoms with Crippen LogP contribution in [0, 0.1) is 10.1 Å². The Morgan fingerprint density at radius 2 is 2.00 bits per heavy atom. The number of nitrogens with one attached hydrogen (secondary N) is 1. The van der Waals surface area contributed by atoms with Crippen LogP contribution in [0.4, 0.5) is 5.69 Å². The fourth-order valence-electron chi connectivity index (χ4n) is 2.54. The summed E-state index contributed by atoms with van der Waals surface area (Å²) in [6, 6.07) is 7.36. The predicted molar refractivity (Wildman–Crippen MR) is 73.0 cm³/mol. The zero-order valence-corrected chi connectivity index (χ0v) is 11.2. The summed E-state index contributed by atoms with van der Waals surface area (Å²) < 4.78 is 5.82. The number of para-hydroxylation sites is 1. The first-order chi connectivity index (χ1) is 9.20. The van der Waals surface area contributed by atoms with E-state index in [9.17, 15) is 10.1 Å². The molecule has 5 heteroatoms. The van der Waals surface area contributed by atoms with Gasteiger partial charge < -0.3 is 10.1 Å². The van der Waals surface area contributed by atoms with Crippen LogP contribution in [0.2, 0.25) is 0 Å². The molecule has 104 valence electrons. The van der Waals surface area contributed by atoms with Crippen LogP contribution in [0.5, 0.6) is 0 Å². The van der Waals surface area contributed by atoms with E-state index in [0.29, 0.717) is 18.2 Å². The van der Waals surface area contributed by atoms with Crippen molar-refractivity contribution in [3.8, 4) is 0 Å². The normalized spacial score (nSPS) is 23.2. The summed E-state index contributed by atoms with van der Waals surface area (Å²) in [4.78, 5) is 10.5. The highest BCUT2D eigenvalue weighted by atomic mass is 16.6. The standard InChI is InChI=1S/C14H20N2O3/c1-15-12-6-8-13(9-7-12)19-10-11-4-2-3-5-14(11)16(17)18/h2-5,12-13,15H,6-10H2,1H3. The van der Waals surface area contributed by atoms with Gasteiger partial charge >= 0.3 is 0 Å². The average Bonchev–Trinajstić information content (AvgIpc) is 2.46. The molecule has 0 bridgehead atoms. The maximum Gasteiger partial charge on any atom is 0.274 e. The second-order valence-electron chi connectivity index (χ2n) is 4.96. The van der Waals surface area contributed by atoms with E-state index in [1.54, 1.807) is 12.1 Å². The molecule has 0 amide bonds. The lowest BCUT2D eigenvalue weighted by Crippen LogP contribution is -2.32. The highest BCUT2D eigenvalue weighted by Crippen LogP contribution is 2.24. The van der Waals surface area contributed by atoms with Gasteiger partial charge in [-0.15, -0.1) is 0 Å². The molecule has 1 fully saturated rings. The summed E-state index contributed by atoms with van der Waals surface area (Å²) in [5.74, 6) is 0. The van der Waals surface area contributed by atoms with E-state index in [0.717, 1.165) is 25.7 Å². The van der Waals surface area contributed by atoms with E-state index in [-0.39, 0.29) is 16.7 Å². The van der Waals surface area contributed by atoms with E-state index >= 15 is 0 Å². The van der Waals surface area contributed by atoms with E-state index in [4.69, 9.17) is 4.74 Å². The topological polar surface area (TPSA) is 64.4 Å². The summed E-state index contributed by atoms with van der Waals surface area (Å²) >= 11 is 0. The Morgan fingerprint density at radius 3 is 2.63 bits per heavy atom. The Bertz CT molecular complexity index is 428. The van der Waals surface area contributed by atoms with Crippen LogP contribution in [0.1, 0.15) is 31.2 Å². The molecule has 19 heavy (non-hydrogen) atoms. The van der Waals surface area contributed by atoms with Crippen molar-refractivity contribution in [3.05, 3.63) is 39.9 Å². The molecule has 2 rings (SSSR count). The van der Waals surface area contributed by atoms with Crippen LogP contribution in [0.15, 0.2) is 24.3 Å². The Hall–Kier alpha value is -1.46. The van der Waals surface area contributed by atoms with Gasteiger partial charge in [0.2, 0.25) is 0 Å². The zero-order chi connectivity index (χ0) is 13.7. The molecule has 1 aromatic carbocycles. The summed E-state index contributed by atoms with van der Waals surface area (Å²) in [6.45, 7) is 0.325. The first-order valence-corrected chi connectivity index (χ1v) is 6.72. The lowest BCUT2D eigenvalue weighted by atomic mass is 9.93. The maximum absolute atomic E-state index is 10.9. The fraction of sp³-hybridized carbons (Fsp3) is 0.571. The molecule has 0 aliphatic heterocycles. The van der Waals surface area contributed by atoms with Crippen LogP contribution < -0.4 is 5.32 Å². The first-order valence-electron chi connectivity index (χ1n) is 6.72. The zero-order valence-electron chi connectivity index (χ0n) is 11.2. The minimum absolute atomic E-state index is 0.145. The fourth-order valence-corrected chi connectivity index (χ4v) is 2.54. The van der Waals surface area contributed by atoms with Crippen molar-refractivity contribution < 1.29 is 9.66 Å². The summed E-state index contributed by atoms with van der Waals surface area (Å²) in [7, 11) is 1.99. The molecular weight excluding hydrogens is 244 g/mol. The molecule has 0 heterocycles. The van der Waals surface area contributed by atoms with Crippen molar-refractivity contribution in [2.45, 2.75) is 44.4 Å². The van der Waals surface area contributed by atoms with Crippen LogP contribution in [0.25, 0.3) is 0 Å². The number of benzene rings is 1. The molecule has 0 spiro atoms. The smallest absolute Gasteiger partial charge is 0.274 e. The average molecular weight is 264 g/mol. The second-order valence-corrected chi connectivity index (χ2v) is 4.96. The van der Waals surface area contributed by atoms with Gasteiger partial charge in [-0.2, -0.15) is 0 Å². The predicted octanol–water partition coefficient (Wildman–Crippen LogP) is 2.64. The van der Waals surface area contributed by atoms with Crippen molar-refractivity contribution >= 4 is 5.69 Å². The van der Waals surface area contributed by atoms with Crippen molar-refractivity contribution in [2.24, 2.45) is 0 Å². The maximum atomic E-state index is 10.9. The minimum Gasteiger partial charge on any atom is -0.373 e. The van der Waals surface area contributed by atoms with Crippen molar-refractivity contribution in [2.75, 3.05) is 7.05 Å². The number of hydrogen-bond donors (Lipinski definition) is 1. The molecule has 1 aliphatic rings. The van der Waals surface area contributed by atoms with Gasteiger partial charge in [0.15, 0.2) is 0 Å². The van der Waals surface area contributed by atoms with Crippen molar-refractivity contribution in [1.82, 2.24) is 5.32 Å². The molecular formula is C14H20N2O3. The number of nitrogens with zero attached hydrogens (tertiary/aromatic N) is 1. The highest BCUT2D eigenvalue weighted by Gasteiger charge is 2.21. The number of hydrogen-bond acceptors (Lipinski definition) is 4. The molecule has 0 radical (unpaired) electrons. The molecule has 1 aliphatic carbocycles. The van der Waals surface area contributed by atoms with Gasteiger partial charge in [0.25, 0.3) is 5.69 Å². The van der Waals surface area contributed by atoms with Gasteiger partial charge in [-0.25, -0.2) is 0 Å². The molecule has 1 aromatic rings. The van der Waals surface area contributed by atoms with Crippen molar-refractivity contribution in [3.63, 3.8) is 0 Å². The molecule has 0 aromatic heterocycles. The van der Waals surface area contributed by atoms with Gasteiger partial charge in [-0.3, -0.25) is 10.1 Å². The third kappa shape index (κ3) is 3.75. The van der Waals surface area contributed by atoms with Gasteiger partial charge in [0, 0.05) is 12.1 Å². The van der Waals surface area contributed by atoms with Gasteiger partial charge in [-0.1, -0.05) is 12.1 Å². The summed E-state index contributed by atoms with van der Waals surface area (Å²) in [6.07, 6.45) is 4.48. The third-order valence-corrected chi connectivity index (χ3v) is 3.75. The van der Waals surface area contributed by atoms with E-state index in [2.05, 4.69) is 5.32 Å². The largest absolute Gasteiger partial charge is 0.373 e. The SMILES string of the molecule is CNC1CCC(OCc2ccccc2[N+](=O)[O-])CC1. The molecule has 0 saturated heterocycles. The molecule has 1 N–H and O–H groups in total. The number of nitro groups is 1. The Labute approximate surface area is 113 Å².